The van der Waals surface area contributed by atoms with E-state index in [0.717, 1.165) is 0 Å². The Morgan fingerprint density at radius 1 is 0.480 bits per heavy atom. The summed E-state index contributed by atoms with van der Waals surface area (Å²) in [5.74, 6) is -29.1. The minimum atomic E-state index is -2.40. The van der Waals surface area contributed by atoms with Crippen LogP contribution in [0, 0.1) is 47.3 Å². The highest BCUT2D eigenvalue weighted by Crippen LogP contribution is 2.45. The molecule has 6 unspecified atom stereocenters. The van der Waals surface area contributed by atoms with E-state index in [9.17, 15) is 126 Å². The number of rotatable bonds is 26. The standard InChI is InChI=1S/C52H74N8O16S.C48H66N8O16S/c1-7-26(2)44-49(73)55-21-41(67)56-35-25-77(74)50-33-15-29(47(71)54-22-42(68)58-44)17-38(64)45(27(3)39(65)24-61)59-48(72)36-19-30(62)23-60(36)52(46(70)28(16-37(35)63)18-40(53)66,75-31-12-13-32(33)34(20-31)57-50)14-10-8-9-11-43(69)76-51(4,5)6;1-4-23(2)41-46(70)51-18-38(63)52-32-22-73(71)47-30-12-26(44(68)50-19-39(64)54-41)14-35(60)42(24(3)36(61)21-57)55-45(69)33-16-27(58)20-56(33)48(11-7-5-6-8-40(65)66,43(67)25(13-34(32)59)15-37(49)62)72-28-9-10-29(30)31(17-28)53-47/h12-13,20,26-30,35-36,39,44-45,57,61-62,65H,7-11,14-19,21-25H2,1-6H3,(H2,53,66)(H,54,71)(H,55,73)(H,56,67)(H,58,68)(H,59,72);9-10,17,23-27,32-33,36,41-42,53,57-58,61H,4-8,11-16,18-22H2,1-3H3,(H2,49,62)(H,50,68)(H,51,70)(H,52,63)(H,54,64)(H,55,69)(H,65,66)/t26-,27-,28-,29-,30?,35?,36-,39-,44-,45-,52?,77+;23-,24-,25-,26-,27?,32?,33-,36-,41-,42-,48?,73+/m00/s1. The molecule has 8 aliphatic rings. The Balaban J connectivity index is 0.000000285. The van der Waals surface area contributed by atoms with Gasteiger partial charge in [-0.2, -0.15) is 0 Å². The van der Waals surface area contributed by atoms with Crippen molar-refractivity contribution in [1.82, 2.24) is 72.9 Å². The summed E-state index contributed by atoms with van der Waals surface area (Å²) < 4.78 is 49.2. The summed E-state index contributed by atoms with van der Waals surface area (Å²) in [6, 6.07) is -3.39. The Morgan fingerprint density at radius 2 is 0.847 bits per heavy atom. The maximum atomic E-state index is 16.0. The van der Waals surface area contributed by atoms with Gasteiger partial charge in [0.2, 0.25) is 82.3 Å². The second-order valence-electron chi connectivity index (χ2n) is 41.4. The number of ketones is 6. The molecule has 2 fully saturated rings. The molecule has 824 valence electrons. The molecule has 0 spiro atoms. The number of aliphatic hydroxyl groups excluding tert-OH is 6. The third kappa shape index (κ3) is 29.1. The van der Waals surface area contributed by atoms with Crippen LogP contribution >= 0.6 is 0 Å². The molecular weight excluding hydrogens is 2000 g/mol. The van der Waals surface area contributed by atoms with Gasteiger partial charge in [-0.05, 0) is 119 Å². The number of H-pyrrole nitrogens is 2. The number of carboxylic acid groups (broad SMARTS) is 1. The second-order valence-corrected chi connectivity index (χ2v) is 44.3. The smallest absolute Gasteiger partial charge is 0.306 e. The molecule has 0 aliphatic carbocycles. The number of Topliss-reactive ketones (excluding diaryl/α,β-unsaturated/α-hetero) is 6. The number of fused-ring (bicyclic) bond motifs is 14. The zero-order chi connectivity index (χ0) is 110. The molecule has 12 rings (SSSR count). The SMILES string of the molecule is CC[C@H](C)[C@@H]1NC(=O)CNC(=O)[C@@H]2CC(=O)[C@H]([C@@H](C)[C@@H](O)CO)NC(=O)[C@@H]3CC(O)CN3C3(CCCCCC(=O)O)Oc4ccc5c(c([nH]c5c4)[S@](=O)CC(NC(=O)CNC1=O)C(=O)C[C@@H](CC(N)=O)C3=O)C2.CC[C@H](C)[C@@H]1NC(=O)CNC(=O)[C@@H]2CC(=O)[C@H]([C@@H](C)[C@@H](O)CO)NC(=O)[C@@H]3CC(O)CN3C3(CCCCCC(=O)OC(C)(C)C)Oc4ccc5c(c([nH]c5c4)[S@](=O)CC(NC(=O)CNC1=O)C(=O)C[C@@H](CC(N)=O)C3=O)C2. The van der Waals surface area contributed by atoms with Crippen molar-refractivity contribution in [2.45, 2.75) is 303 Å². The summed E-state index contributed by atoms with van der Waals surface area (Å²) in [6.07, 6.45) is -11.4. The highest BCUT2D eigenvalue weighted by molar-refractivity contribution is 7.85. The van der Waals surface area contributed by atoms with Crippen LogP contribution in [0.25, 0.3) is 21.8 Å². The molecule has 2 saturated heterocycles. The van der Waals surface area contributed by atoms with Crippen LogP contribution in [0.3, 0.4) is 0 Å². The van der Waals surface area contributed by atoms with Gasteiger partial charge in [0.1, 0.15) is 39.2 Å². The van der Waals surface area contributed by atoms with Gasteiger partial charge < -0.3 is 125 Å². The average molecular weight is 2140 g/mol. The van der Waals surface area contributed by atoms with Crippen LogP contribution in [0.4, 0.5) is 0 Å². The quantitative estimate of drug-likeness (QED) is 0.0216. The van der Waals surface area contributed by atoms with Gasteiger partial charge in [0, 0.05) is 136 Å². The van der Waals surface area contributed by atoms with E-state index < -0.39 is 392 Å². The number of esters is 1. The van der Waals surface area contributed by atoms with Crippen molar-refractivity contribution in [1.29, 1.82) is 0 Å². The Labute approximate surface area is 868 Å². The fourth-order valence-corrected chi connectivity index (χ4v) is 23.5. The molecule has 10 heterocycles. The van der Waals surface area contributed by atoms with E-state index in [1.165, 1.54) is 54.0 Å². The number of carboxylic acids is 1. The van der Waals surface area contributed by atoms with Gasteiger partial charge in [-0.25, -0.2) is 9.80 Å². The van der Waals surface area contributed by atoms with E-state index in [2.05, 4.69) is 63.1 Å². The zero-order valence-electron chi connectivity index (χ0n) is 85.3. The Kier molecular flexibility index (Phi) is 40.6. The molecule has 8 aliphatic heterocycles. The molecule has 0 radical (unpaired) electrons. The summed E-state index contributed by atoms with van der Waals surface area (Å²) in [6.45, 7) is 9.24. The predicted octanol–water partition coefficient (Wildman–Crippen LogP) is -3.30. The first-order valence-corrected chi connectivity index (χ1v) is 53.5. The molecule has 16 bridgehead atoms. The number of aromatic amines is 2. The number of aromatic nitrogens is 2. The van der Waals surface area contributed by atoms with E-state index >= 15 is 14.4 Å². The van der Waals surface area contributed by atoms with Crippen LogP contribution in [0.15, 0.2) is 46.5 Å². The van der Waals surface area contributed by atoms with Crippen molar-refractivity contribution in [2.75, 3.05) is 64.0 Å². The largest absolute Gasteiger partial charge is 0.481 e. The van der Waals surface area contributed by atoms with Gasteiger partial charge in [-0.15, -0.1) is 0 Å². The van der Waals surface area contributed by atoms with Crippen molar-refractivity contribution in [3.8, 4) is 11.5 Å². The van der Waals surface area contributed by atoms with Crippen LogP contribution in [-0.4, -0.2) is 335 Å². The lowest BCUT2D eigenvalue weighted by Gasteiger charge is -2.45. The van der Waals surface area contributed by atoms with Gasteiger partial charge in [0.05, 0.1) is 144 Å². The number of unbranched alkanes of at least 4 members (excludes halogenated alkanes) is 4. The second kappa shape index (κ2) is 51.7. The van der Waals surface area contributed by atoms with Crippen LogP contribution in [0.1, 0.15) is 202 Å². The molecule has 0 saturated carbocycles. The number of aliphatic carboxylic acids is 1. The number of amides is 12. The minimum Gasteiger partial charge on any atom is -0.481 e. The number of nitrogens with one attached hydrogen (secondary N) is 12. The van der Waals surface area contributed by atoms with Crippen LogP contribution in [0.5, 0.6) is 11.5 Å². The zero-order valence-corrected chi connectivity index (χ0v) is 87.0. The molecule has 4 aromatic rings. The number of carbonyl (C=O) groups excluding carboxylic acids is 19. The average Bonchev–Trinajstić information content (AvgIpc) is 1.55. The topological polar surface area (TPSA) is 755 Å². The predicted molar refractivity (Wildman–Crippen MR) is 532 cm³/mol. The van der Waals surface area contributed by atoms with Gasteiger partial charge >= 0.3 is 11.9 Å². The maximum absolute atomic E-state index is 16.0. The fourth-order valence-electron chi connectivity index (χ4n) is 20.7. The Hall–Kier alpha value is -12.3. The summed E-state index contributed by atoms with van der Waals surface area (Å²) in [4.78, 5) is 292. The van der Waals surface area contributed by atoms with Crippen molar-refractivity contribution in [3.63, 3.8) is 0 Å². The summed E-state index contributed by atoms with van der Waals surface area (Å²) >= 11 is 0. The van der Waals surface area contributed by atoms with Crippen LogP contribution in [0.2, 0.25) is 0 Å². The molecule has 2 aromatic carbocycles. The molecular formula is C100H140N16O32S2. The van der Waals surface area contributed by atoms with E-state index in [-0.39, 0.29) is 121 Å². The lowest BCUT2D eigenvalue weighted by molar-refractivity contribution is -0.168. The number of hydrogen-bond acceptors (Lipinski definition) is 33. The van der Waals surface area contributed by atoms with Gasteiger partial charge in [0.25, 0.3) is 0 Å². The highest BCUT2D eigenvalue weighted by atomic mass is 32.2. The number of hydrogen-bond donors (Lipinski definition) is 21. The molecule has 48 nitrogen and oxygen atoms in total. The van der Waals surface area contributed by atoms with E-state index in [1.54, 1.807) is 54.5 Å². The van der Waals surface area contributed by atoms with Gasteiger partial charge in [-0.3, -0.25) is 104 Å². The van der Waals surface area contributed by atoms with E-state index in [0.29, 0.717) is 23.6 Å². The normalized spacial score (nSPS) is 29.0. The summed E-state index contributed by atoms with van der Waals surface area (Å²) in [7, 11) is -4.63. The van der Waals surface area contributed by atoms with E-state index in [4.69, 9.17) is 25.7 Å². The van der Waals surface area contributed by atoms with Crippen LogP contribution < -0.4 is 74.1 Å². The first-order valence-electron chi connectivity index (χ1n) is 50.8. The number of nitrogens with two attached hydrogens (primary N) is 2. The van der Waals surface area contributed by atoms with Crippen molar-refractivity contribution >= 4 is 161 Å². The molecule has 150 heavy (non-hydrogen) atoms. The fraction of sp³-hybridized carbons (Fsp3) is 0.640. The summed E-state index contributed by atoms with van der Waals surface area (Å²) in [5.41, 5.74) is 6.84. The molecule has 50 heteroatoms. The maximum Gasteiger partial charge on any atom is 0.306 e. The molecule has 2 aromatic heterocycles. The van der Waals surface area contributed by atoms with Crippen molar-refractivity contribution in [2.24, 2.45) is 58.8 Å². The van der Waals surface area contributed by atoms with Crippen LogP contribution in [-0.2, 0) is 135 Å². The minimum absolute atomic E-state index is 0.0130. The highest BCUT2D eigenvalue weighted by Gasteiger charge is 2.60. The molecule has 24 atom stereocenters. The lowest BCUT2D eigenvalue weighted by atomic mass is 9.82. The van der Waals surface area contributed by atoms with Gasteiger partial charge in [-0.1, -0.05) is 67.2 Å². The van der Waals surface area contributed by atoms with E-state index in [1.807, 2.05) is 0 Å². The molecule has 12 amide bonds. The lowest BCUT2D eigenvalue weighted by Crippen LogP contribution is -2.65. The third-order valence-electron chi connectivity index (χ3n) is 29.2. The van der Waals surface area contributed by atoms with Crippen molar-refractivity contribution < 1.29 is 154 Å². The number of nitrogens with zero attached hydrogens (tertiary/aromatic N) is 2. The summed E-state index contributed by atoms with van der Waals surface area (Å²) in [5, 5.41) is 101. The Bertz CT molecular complexity index is 5850. The Morgan fingerprint density at radius 3 is 1.20 bits per heavy atom. The van der Waals surface area contributed by atoms with Gasteiger partial charge in [0.15, 0.2) is 34.7 Å². The number of aliphatic hydroxyl groups is 6. The van der Waals surface area contributed by atoms with Crippen molar-refractivity contribution in [3.05, 3.63) is 47.5 Å². The number of benzene rings is 2. The molecule has 23 N–H and O–H groups in total. The number of primary amides is 2. The third-order valence-corrected chi connectivity index (χ3v) is 32.1. The number of ether oxygens (including phenoxy) is 3. The number of carbonyl (C=O) groups is 20. The first kappa shape index (κ1) is 118. The first-order chi connectivity index (χ1) is 70.8. The monoisotopic (exact) mass is 2140 g/mol.